The number of unbranched alkanes of at least 4 members (excludes halogenated alkanes) is 1. The van der Waals surface area contributed by atoms with Crippen molar-refractivity contribution in [1.82, 2.24) is 10.2 Å². The summed E-state index contributed by atoms with van der Waals surface area (Å²) in [5.74, 6) is 0.154. The third kappa shape index (κ3) is 5.52. The van der Waals surface area contributed by atoms with Crippen LogP contribution in [0.15, 0.2) is 0 Å². The molecule has 104 valence electrons. The zero-order valence-corrected chi connectivity index (χ0v) is 11.7. The molecule has 18 heavy (non-hydrogen) atoms. The normalized spacial score (nSPS) is 15.7. The lowest BCUT2D eigenvalue weighted by atomic mass is 10.2. The lowest BCUT2D eigenvalue weighted by Gasteiger charge is -2.21. The summed E-state index contributed by atoms with van der Waals surface area (Å²) in [7, 11) is 0. The smallest absolute Gasteiger partial charge is 0.221 e. The zero-order chi connectivity index (χ0) is 13.4. The van der Waals surface area contributed by atoms with Crippen LogP contribution in [0.4, 0.5) is 0 Å². The first kappa shape index (κ1) is 15.0. The number of amides is 2. The number of hydrogen-bond donors (Lipinski definition) is 1. The Morgan fingerprint density at radius 3 is 2.44 bits per heavy atom. The number of nitrogens with zero attached hydrogens (tertiary/aromatic N) is 1. The van der Waals surface area contributed by atoms with Crippen molar-refractivity contribution in [3.63, 3.8) is 0 Å². The number of carbonyl (C=O) groups is 2. The highest BCUT2D eigenvalue weighted by molar-refractivity contribution is 5.78. The molecule has 1 N–H and O–H groups in total. The van der Waals surface area contributed by atoms with Crippen LogP contribution in [0, 0.1) is 0 Å². The number of hydrogen-bond acceptors (Lipinski definition) is 2. The Balaban J connectivity index is 2.23. The molecule has 0 aliphatic heterocycles. The fraction of sp³-hybridized carbons (Fsp3) is 0.857. The second-order valence-corrected chi connectivity index (χ2v) is 5.16. The molecule has 1 aliphatic rings. The molecule has 0 aromatic heterocycles. The summed E-state index contributed by atoms with van der Waals surface area (Å²) >= 11 is 0. The van der Waals surface area contributed by atoms with Crippen molar-refractivity contribution in [3.05, 3.63) is 0 Å². The summed E-state index contributed by atoms with van der Waals surface area (Å²) in [6, 6.07) is 0.374. The molecular formula is C14H26N2O2. The highest BCUT2D eigenvalue weighted by atomic mass is 16.2. The van der Waals surface area contributed by atoms with Crippen molar-refractivity contribution < 1.29 is 9.59 Å². The van der Waals surface area contributed by atoms with Crippen molar-refractivity contribution in [2.75, 3.05) is 13.1 Å². The summed E-state index contributed by atoms with van der Waals surface area (Å²) in [5.41, 5.74) is 0. The van der Waals surface area contributed by atoms with E-state index in [2.05, 4.69) is 12.2 Å². The number of nitrogens with one attached hydrogen (secondary N) is 1. The molecule has 0 radical (unpaired) electrons. The van der Waals surface area contributed by atoms with Gasteiger partial charge in [-0.25, -0.2) is 0 Å². The molecule has 4 heteroatoms. The Bertz CT molecular complexity index is 273. The standard InChI is InChI=1S/C14H26N2O2/c1-3-4-10-16(12(2)17)11-9-14(18)15-13-7-5-6-8-13/h13H,3-11H2,1-2H3,(H,15,18). The number of rotatable bonds is 7. The largest absolute Gasteiger partial charge is 0.353 e. The Labute approximate surface area is 110 Å². The molecular weight excluding hydrogens is 228 g/mol. The second-order valence-electron chi connectivity index (χ2n) is 5.16. The van der Waals surface area contributed by atoms with Gasteiger partial charge < -0.3 is 10.2 Å². The van der Waals surface area contributed by atoms with Crippen molar-refractivity contribution in [3.8, 4) is 0 Å². The van der Waals surface area contributed by atoms with Gasteiger partial charge in [-0.05, 0) is 19.3 Å². The van der Waals surface area contributed by atoms with Crippen LogP contribution in [0.25, 0.3) is 0 Å². The molecule has 1 saturated carbocycles. The highest BCUT2D eigenvalue weighted by Crippen LogP contribution is 2.17. The predicted molar refractivity (Wildman–Crippen MR) is 72.2 cm³/mol. The molecule has 0 heterocycles. The van der Waals surface area contributed by atoms with E-state index in [1.165, 1.54) is 12.8 Å². The first-order chi connectivity index (χ1) is 8.63. The quantitative estimate of drug-likeness (QED) is 0.756. The monoisotopic (exact) mass is 254 g/mol. The van der Waals surface area contributed by atoms with Gasteiger partial charge >= 0.3 is 0 Å². The van der Waals surface area contributed by atoms with E-state index >= 15 is 0 Å². The Hall–Kier alpha value is -1.06. The van der Waals surface area contributed by atoms with Crippen LogP contribution in [-0.2, 0) is 9.59 Å². The maximum Gasteiger partial charge on any atom is 0.221 e. The lowest BCUT2D eigenvalue weighted by Crippen LogP contribution is -2.37. The van der Waals surface area contributed by atoms with Gasteiger partial charge in [0.1, 0.15) is 0 Å². The molecule has 1 aliphatic carbocycles. The molecule has 0 unspecified atom stereocenters. The Morgan fingerprint density at radius 1 is 1.22 bits per heavy atom. The maximum atomic E-state index is 11.8. The molecule has 2 amide bonds. The second kappa shape index (κ2) is 8.11. The van der Waals surface area contributed by atoms with Gasteiger partial charge in [-0.3, -0.25) is 9.59 Å². The van der Waals surface area contributed by atoms with Crippen molar-refractivity contribution in [2.45, 2.75) is 64.8 Å². The van der Waals surface area contributed by atoms with Crippen molar-refractivity contribution >= 4 is 11.8 Å². The average molecular weight is 254 g/mol. The van der Waals surface area contributed by atoms with Crippen molar-refractivity contribution in [1.29, 1.82) is 0 Å². The fourth-order valence-corrected chi connectivity index (χ4v) is 2.38. The molecule has 0 aromatic carbocycles. The molecule has 1 fully saturated rings. The number of carbonyl (C=O) groups excluding carboxylic acids is 2. The molecule has 0 aromatic rings. The van der Waals surface area contributed by atoms with Crippen LogP contribution < -0.4 is 5.32 Å². The van der Waals surface area contributed by atoms with E-state index < -0.39 is 0 Å². The predicted octanol–water partition coefficient (Wildman–Crippen LogP) is 2.08. The molecule has 0 atom stereocenters. The fourth-order valence-electron chi connectivity index (χ4n) is 2.38. The summed E-state index contributed by atoms with van der Waals surface area (Å²) in [6.07, 6.45) is 7.17. The van der Waals surface area contributed by atoms with Crippen LogP contribution in [-0.4, -0.2) is 35.8 Å². The van der Waals surface area contributed by atoms with E-state index in [1.54, 1.807) is 11.8 Å². The maximum absolute atomic E-state index is 11.8. The van der Waals surface area contributed by atoms with E-state index in [9.17, 15) is 9.59 Å². The van der Waals surface area contributed by atoms with E-state index in [4.69, 9.17) is 0 Å². The summed E-state index contributed by atoms with van der Waals surface area (Å²) in [4.78, 5) is 24.9. The van der Waals surface area contributed by atoms with Gasteiger partial charge in [-0.2, -0.15) is 0 Å². The van der Waals surface area contributed by atoms with Gasteiger partial charge in [0.25, 0.3) is 0 Å². The molecule has 4 nitrogen and oxygen atoms in total. The lowest BCUT2D eigenvalue weighted by molar-refractivity contribution is -0.129. The van der Waals surface area contributed by atoms with Gasteiger partial charge in [0.2, 0.25) is 11.8 Å². The average Bonchev–Trinajstić information content (AvgIpc) is 2.81. The summed E-state index contributed by atoms with van der Waals surface area (Å²) < 4.78 is 0. The van der Waals surface area contributed by atoms with E-state index in [0.717, 1.165) is 32.2 Å². The first-order valence-corrected chi connectivity index (χ1v) is 7.18. The minimum absolute atomic E-state index is 0.0668. The minimum atomic E-state index is 0.0668. The van der Waals surface area contributed by atoms with E-state index in [1.807, 2.05) is 0 Å². The van der Waals surface area contributed by atoms with Gasteiger partial charge in [-0.15, -0.1) is 0 Å². The van der Waals surface area contributed by atoms with E-state index in [0.29, 0.717) is 19.0 Å². The summed E-state index contributed by atoms with van der Waals surface area (Å²) in [6.45, 7) is 4.99. The van der Waals surface area contributed by atoms with Gasteiger partial charge in [0.05, 0.1) is 0 Å². The van der Waals surface area contributed by atoms with Crippen LogP contribution >= 0.6 is 0 Å². The van der Waals surface area contributed by atoms with Crippen LogP contribution in [0.2, 0.25) is 0 Å². The summed E-state index contributed by atoms with van der Waals surface area (Å²) in [5, 5.41) is 3.05. The van der Waals surface area contributed by atoms with Crippen molar-refractivity contribution in [2.24, 2.45) is 0 Å². The Kier molecular flexibility index (Phi) is 6.76. The third-order valence-corrected chi connectivity index (χ3v) is 3.56. The van der Waals surface area contributed by atoms with Crippen LogP contribution in [0.5, 0.6) is 0 Å². The van der Waals surface area contributed by atoms with Crippen LogP contribution in [0.1, 0.15) is 58.8 Å². The van der Waals surface area contributed by atoms with Crippen LogP contribution in [0.3, 0.4) is 0 Å². The van der Waals surface area contributed by atoms with Gasteiger partial charge in [0, 0.05) is 32.5 Å². The first-order valence-electron chi connectivity index (χ1n) is 7.18. The molecule has 0 bridgehead atoms. The zero-order valence-electron chi connectivity index (χ0n) is 11.7. The molecule has 0 saturated heterocycles. The third-order valence-electron chi connectivity index (χ3n) is 3.56. The Morgan fingerprint density at radius 2 is 1.89 bits per heavy atom. The van der Waals surface area contributed by atoms with E-state index in [-0.39, 0.29) is 11.8 Å². The highest BCUT2D eigenvalue weighted by Gasteiger charge is 2.17. The topological polar surface area (TPSA) is 49.4 Å². The molecule has 1 rings (SSSR count). The van der Waals surface area contributed by atoms with Gasteiger partial charge in [0.15, 0.2) is 0 Å². The SMILES string of the molecule is CCCCN(CCC(=O)NC1CCCC1)C(C)=O. The van der Waals surface area contributed by atoms with Gasteiger partial charge in [-0.1, -0.05) is 26.2 Å². The minimum Gasteiger partial charge on any atom is -0.353 e. The molecule has 0 spiro atoms.